The van der Waals surface area contributed by atoms with Gasteiger partial charge in [-0.15, -0.1) is 4.31 Å². The molecule has 0 aromatic heterocycles. The standard InChI is InChI=1S/C16H12F5NO3S/c17-11-4-5-15(14(18)7-11)25-12-8-22(9-12)26(23,24)13-3-1-2-10(6-13)16(19,20)21/h1-7,12H,8-9H2. The zero-order valence-electron chi connectivity index (χ0n) is 13.0. The fraction of sp³-hybridized carbons (Fsp3) is 0.250. The highest BCUT2D eigenvalue weighted by atomic mass is 32.3. The Hall–Kier alpha value is -2.04. The maximum absolute atomic E-state index is 13.5. The van der Waals surface area contributed by atoms with E-state index in [0.29, 0.717) is 12.1 Å². The molecule has 0 saturated carbocycles. The SMILES string of the molecule is O=[S+]([O-])(c1cccc(C(F)(F)F)c1)N1CC(Oc2ccc(F)cc2F)C1. The van der Waals surface area contributed by atoms with Gasteiger partial charge in [-0.3, -0.25) is 0 Å². The highest BCUT2D eigenvalue weighted by Crippen LogP contribution is 2.34. The number of sulfonamides is 1. The summed E-state index contributed by atoms with van der Waals surface area (Å²) in [6.07, 6.45) is -5.35. The second-order valence-corrected chi connectivity index (χ2v) is 7.60. The van der Waals surface area contributed by atoms with Gasteiger partial charge in [0.15, 0.2) is 26.9 Å². The molecule has 0 spiro atoms. The Morgan fingerprint density at radius 1 is 1.12 bits per heavy atom. The van der Waals surface area contributed by atoms with Gasteiger partial charge in [0, 0.05) is 12.1 Å². The minimum absolute atomic E-state index is 0.157. The molecule has 0 amide bonds. The van der Waals surface area contributed by atoms with Crippen LogP contribution in [0.15, 0.2) is 47.4 Å². The van der Waals surface area contributed by atoms with E-state index in [9.17, 15) is 30.7 Å². The summed E-state index contributed by atoms with van der Waals surface area (Å²) in [6.45, 7) is -0.315. The van der Waals surface area contributed by atoms with Gasteiger partial charge >= 0.3 is 6.18 Å². The third-order valence-corrected chi connectivity index (χ3v) is 5.63. The molecule has 26 heavy (non-hydrogen) atoms. The molecule has 140 valence electrons. The highest BCUT2D eigenvalue weighted by Gasteiger charge is 2.43. The predicted octanol–water partition coefficient (Wildman–Crippen LogP) is 3.65. The quantitative estimate of drug-likeness (QED) is 0.589. The summed E-state index contributed by atoms with van der Waals surface area (Å²) >= 11 is 0. The molecule has 2 aromatic rings. The van der Waals surface area contributed by atoms with Gasteiger partial charge in [-0.2, -0.15) is 13.2 Å². The van der Waals surface area contributed by atoms with Crippen LogP contribution in [-0.2, 0) is 20.8 Å². The number of hydrogen-bond acceptors (Lipinski definition) is 3. The molecule has 1 aliphatic rings. The molecule has 0 aliphatic carbocycles. The molecule has 0 radical (unpaired) electrons. The van der Waals surface area contributed by atoms with Crippen LogP contribution in [0.3, 0.4) is 0 Å². The molecular weight excluding hydrogens is 381 g/mol. The number of alkyl halides is 3. The lowest BCUT2D eigenvalue weighted by Crippen LogP contribution is -2.58. The summed E-state index contributed by atoms with van der Waals surface area (Å²) in [5, 5.41) is 0. The van der Waals surface area contributed by atoms with E-state index in [1.165, 1.54) is 0 Å². The Morgan fingerprint density at radius 3 is 2.42 bits per heavy atom. The second-order valence-electron chi connectivity index (χ2n) is 5.66. The molecule has 4 nitrogen and oxygen atoms in total. The average Bonchev–Trinajstić information content (AvgIpc) is 2.51. The van der Waals surface area contributed by atoms with Gasteiger partial charge in [0.2, 0.25) is 0 Å². The summed E-state index contributed by atoms with van der Waals surface area (Å²) < 4.78 is 95.5. The largest absolute Gasteiger partial charge is 0.593 e. The van der Waals surface area contributed by atoms with Gasteiger partial charge in [-0.1, -0.05) is 10.3 Å². The van der Waals surface area contributed by atoms with Crippen LogP contribution in [0.5, 0.6) is 5.75 Å². The molecule has 3 rings (SSSR count). The first-order chi connectivity index (χ1) is 12.1. The van der Waals surface area contributed by atoms with Crippen molar-refractivity contribution in [1.82, 2.24) is 4.31 Å². The highest BCUT2D eigenvalue weighted by molar-refractivity contribution is 7.95. The van der Waals surface area contributed by atoms with E-state index in [0.717, 1.165) is 34.6 Å². The summed E-state index contributed by atoms with van der Waals surface area (Å²) in [4.78, 5) is -0.487. The van der Waals surface area contributed by atoms with Crippen LogP contribution < -0.4 is 4.74 Å². The molecule has 1 saturated heterocycles. The monoisotopic (exact) mass is 393 g/mol. The zero-order chi connectivity index (χ0) is 19.1. The molecule has 1 atom stereocenters. The summed E-state index contributed by atoms with van der Waals surface area (Å²) in [5.74, 6) is -1.94. The Kier molecular flexibility index (Phi) is 4.76. The van der Waals surface area contributed by atoms with E-state index in [2.05, 4.69) is 0 Å². The van der Waals surface area contributed by atoms with Crippen molar-refractivity contribution < 1.29 is 35.5 Å². The zero-order valence-corrected chi connectivity index (χ0v) is 13.8. The summed E-state index contributed by atoms with van der Waals surface area (Å²) in [7, 11) is -4.13. The Labute approximate surface area is 146 Å². The number of nitrogens with zero attached hydrogens (tertiary/aromatic N) is 1. The molecule has 1 fully saturated rings. The van der Waals surface area contributed by atoms with E-state index in [1.807, 2.05) is 0 Å². The molecular formula is C16H12F5NO3S. The van der Waals surface area contributed by atoms with E-state index in [1.54, 1.807) is 0 Å². The van der Waals surface area contributed by atoms with Crippen LogP contribution >= 0.6 is 0 Å². The van der Waals surface area contributed by atoms with Crippen molar-refractivity contribution in [3.8, 4) is 5.75 Å². The van der Waals surface area contributed by atoms with Crippen LogP contribution in [-0.4, -0.2) is 28.1 Å². The molecule has 10 heteroatoms. The van der Waals surface area contributed by atoms with Crippen LogP contribution in [0, 0.1) is 11.6 Å². The molecule has 1 aliphatic heterocycles. The van der Waals surface area contributed by atoms with Crippen LogP contribution in [0.25, 0.3) is 0 Å². The molecule has 0 N–H and O–H groups in total. The Balaban J connectivity index is 1.69. The number of benzene rings is 2. The van der Waals surface area contributed by atoms with Crippen LogP contribution in [0.2, 0.25) is 0 Å². The molecule has 1 unspecified atom stereocenters. The average molecular weight is 393 g/mol. The normalized spacial score (nSPS) is 18.2. The summed E-state index contributed by atoms with van der Waals surface area (Å²) in [5.41, 5.74) is -1.07. The number of hydrogen-bond donors (Lipinski definition) is 0. The van der Waals surface area contributed by atoms with Gasteiger partial charge in [0.25, 0.3) is 0 Å². The van der Waals surface area contributed by atoms with E-state index >= 15 is 0 Å². The van der Waals surface area contributed by atoms with Crippen molar-refractivity contribution in [2.45, 2.75) is 17.2 Å². The molecule has 1 heterocycles. The fourth-order valence-corrected chi connectivity index (χ4v) is 3.95. The maximum Gasteiger partial charge on any atom is 0.416 e. The lowest BCUT2D eigenvalue weighted by atomic mass is 10.2. The van der Waals surface area contributed by atoms with Gasteiger partial charge < -0.3 is 9.29 Å². The number of halogens is 5. The third-order valence-electron chi connectivity index (χ3n) is 3.80. The van der Waals surface area contributed by atoms with E-state index in [4.69, 9.17) is 4.74 Å². The number of ether oxygens (including phenoxy) is 1. The van der Waals surface area contributed by atoms with Gasteiger partial charge in [0.05, 0.1) is 18.7 Å². The van der Waals surface area contributed by atoms with Crippen molar-refractivity contribution >= 4 is 10.4 Å². The van der Waals surface area contributed by atoms with Crippen molar-refractivity contribution in [2.75, 3.05) is 13.1 Å². The fourth-order valence-electron chi connectivity index (χ4n) is 2.40. The lowest BCUT2D eigenvalue weighted by Gasteiger charge is -2.39. The van der Waals surface area contributed by atoms with Gasteiger partial charge in [-0.25, -0.2) is 8.78 Å². The minimum Gasteiger partial charge on any atom is -0.593 e. The smallest absolute Gasteiger partial charge is 0.416 e. The summed E-state index contributed by atoms with van der Waals surface area (Å²) in [6, 6.07) is 6.12. The second kappa shape index (κ2) is 6.60. The van der Waals surface area contributed by atoms with E-state index in [-0.39, 0.29) is 18.8 Å². The lowest BCUT2D eigenvalue weighted by molar-refractivity contribution is -0.137. The molecule has 0 bridgehead atoms. The molecule has 2 aromatic carbocycles. The Bertz CT molecular complexity index is 867. The van der Waals surface area contributed by atoms with Crippen molar-refractivity contribution in [1.29, 1.82) is 0 Å². The number of rotatable bonds is 4. The third kappa shape index (κ3) is 3.71. The van der Waals surface area contributed by atoms with Crippen LogP contribution in [0.1, 0.15) is 5.56 Å². The van der Waals surface area contributed by atoms with Crippen LogP contribution in [0.4, 0.5) is 22.0 Å². The predicted molar refractivity (Wildman–Crippen MR) is 80.9 cm³/mol. The first kappa shape index (κ1) is 18.7. The first-order valence-corrected chi connectivity index (χ1v) is 8.80. The Morgan fingerprint density at radius 2 is 1.81 bits per heavy atom. The minimum atomic E-state index is -4.66. The van der Waals surface area contributed by atoms with Crippen molar-refractivity contribution in [3.05, 3.63) is 59.7 Å². The topological polar surface area (TPSA) is 52.6 Å². The van der Waals surface area contributed by atoms with Crippen molar-refractivity contribution in [2.24, 2.45) is 0 Å². The van der Waals surface area contributed by atoms with Gasteiger partial charge in [0.1, 0.15) is 11.9 Å². The maximum atomic E-state index is 13.5. The van der Waals surface area contributed by atoms with Crippen molar-refractivity contribution in [3.63, 3.8) is 0 Å². The van der Waals surface area contributed by atoms with E-state index < -0.39 is 44.8 Å². The van der Waals surface area contributed by atoms with Gasteiger partial charge in [-0.05, 0) is 24.3 Å². The first-order valence-electron chi connectivity index (χ1n) is 7.36.